The SMILES string of the molecule is CCCCCCCCC(Sc1ccc2ccc(C(F)(F)F)cc2n1)C(=O)Nc1c(C)cc(C)cc1C. The molecule has 0 radical (unpaired) electrons. The molecule has 1 amide bonds. The Morgan fingerprint density at radius 1 is 0.944 bits per heavy atom. The molecule has 0 saturated carbocycles. The average Bonchev–Trinajstić information content (AvgIpc) is 2.81. The summed E-state index contributed by atoms with van der Waals surface area (Å²) in [7, 11) is 0. The Hall–Kier alpha value is -2.54. The van der Waals surface area contributed by atoms with Crippen LogP contribution in [0.1, 0.15) is 74.1 Å². The molecule has 1 atom stereocenters. The maximum atomic E-state index is 13.4. The van der Waals surface area contributed by atoms with E-state index in [1.54, 1.807) is 12.1 Å². The molecule has 1 unspecified atom stereocenters. The number of nitrogens with one attached hydrogen (secondary N) is 1. The number of aryl methyl sites for hydroxylation is 3. The van der Waals surface area contributed by atoms with Gasteiger partial charge in [-0.25, -0.2) is 4.98 Å². The lowest BCUT2D eigenvalue weighted by Crippen LogP contribution is -2.26. The smallest absolute Gasteiger partial charge is 0.325 e. The van der Waals surface area contributed by atoms with Crippen molar-refractivity contribution in [3.8, 4) is 0 Å². The zero-order valence-corrected chi connectivity index (χ0v) is 22.3. The second kappa shape index (κ2) is 12.6. The van der Waals surface area contributed by atoms with E-state index in [1.807, 2.05) is 32.9 Å². The van der Waals surface area contributed by atoms with Gasteiger partial charge in [-0.15, -0.1) is 0 Å². The second-order valence-electron chi connectivity index (χ2n) is 9.48. The van der Waals surface area contributed by atoms with E-state index in [9.17, 15) is 18.0 Å². The first-order valence-electron chi connectivity index (χ1n) is 12.6. The third-order valence-electron chi connectivity index (χ3n) is 6.29. The number of rotatable bonds is 11. The number of thioether (sulfide) groups is 1. The Morgan fingerprint density at radius 2 is 1.58 bits per heavy atom. The monoisotopic (exact) mass is 516 g/mol. The standard InChI is InChI=1S/C29H35F3N2OS/c1-5-6-7-8-9-10-11-25(28(35)34-27-20(3)16-19(2)17-21(27)4)36-26-15-13-22-12-14-23(29(30,31)32)18-24(22)33-26/h12-18,25H,5-11H2,1-4H3,(H,34,35). The molecule has 3 nitrogen and oxygen atoms in total. The highest BCUT2D eigenvalue weighted by Gasteiger charge is 2.30. The van der Waals surface area contributed by atoms with Crippen molar-refractivity contribution in [2.45, 2.75) is 89.1 Å². The van der Waals surface area contributed by atoms with Crippen molar-refractivity contribution >= 4 is 34.3 Å². The van der Waals surface area contributed by atoms with E-state index in [1.165, 1.54) is 37.1 Å². The fraction of sp³-hybridized carbons (Fsp3) is 0.448. The van der Waals surface area contributed by atoms with Gasteiger partial charge in [0.05, 0.1) is 21.4 Å². The van der Waals surface area contributed by atoms with Gasteiger partial charge >= 0.3 is 6.18 Å². The highest BCUT2D eigenvalue weighted by atomic mass is 32.2. The molecule has 194 valence electrons. The summed E-state index contributed by atoms with van der Waals surface area (Å²) in [5.41, 5.74) is 3.52. The minimum atomic E-state index is -4.43. The molecule has 0 aliphatic heterocycles. The molecular weight excluding hydrogens is 481 g/mol. The third-order valence-corrected chi connectivity index (χ3v) is 7.50. The quantitative estimate of drug-likeness (QED) is 0.204. The first kappa shape index (κ1) is 28.0. The normalized spacial score (nSPS) is 12.6. The van der Waals surface area contributed by atoms with E-state index in [4.69, 9.17) is 0 Å². The molecule has 36 heavy (non-hydrogen) atoms. The average molecular weight is 517 g/mol. The van der Waals surface area contributed by atoms with Crippen LogP contribution in [0.5, 0.6) is 0 Å². The van der Waals surface area contributed by atoms with Crippen molar-refractivity contribution in [2.75, 3.05) is 5.32 Å². The maximum Gasteiger partial charge on any atom is 0.416 e. The number of hydrogen-bond acceptors (Lipinski definition) is 3. The van der Waals surface area contributed by atoms with Crippen LogP contribution in [0, 0.1) is 20.8 Å². The van der Waals surface area contributed by atoms with Crippen LogP contribution < -0.4 is 5.32 Å². The lowest BCUT2D eigenvalue weighted by atomic mass is 10.0. The van der Waals surface area contributed by atoms with Crippen molar-refractivity contribution < 1.29 is 18.0 Å². The Balaban J connectivity index is 1.81. The summed E-state index contributed by atoms with van der Waals surface area (Å²) in [4.78, 5) is 17.9. The fourth-order valence-electron chi connectivity index (χ4n) is 4.42. The zero-order valence-electron chi connectivity index (χ0n) is 21.5. The van der Waals surface area contributed by atoms with Gasteiger partial charge in [0.25, 0.3) is 0 Å². The molecule has 1 aromatic heterocycles. The summed E-state index contributed by atoms with van der Waals surface area (Å²) >= 11 is 1.32. The van der Waals surface area contributed by atoms with E-state index in [0.29, 0.717) is 16.8 Å². The molecule has 0 aliphatic carbocycles. The van der Waals surface area contributed by atoms with Crippen LogP contribution in [0.25, 0.3) is 10.9 Å². The van der Waals surface area contributed by atoms with Crippen LogP contribution in [0.2, 0.25) is 0 Å². The Bertz CT molecular complexity index is 1170. The number of anilines is 1. The minimum Gasteiger partial charge on any atom is -0.325 e. The number of alkyl halides is 3. The van der Waals surface area contributed by atoms with Crippen molar-refractivity contribution in [1.82, 2.24) is 4.98 Å². The number of pyridine rings is 1. The summed E-state index contributed by atoms with van der Waals surface area (Å²) in [6.07, 6.45) is 2.93. The van der Waals surface area contributed by atoms with Crippen LogP contribution >= 0.6 is 11.8 Å². The number of carbonyl (C=O) groups excluding carboxylic acids is 1. The van der Waals surface area contributed by atoms with Crippen LogP contribution in [0.3, 0.4) is 0 Å². The number of amides is 1. The first-order valence-corrected chi connectivity index (χ1v) is 13.5. The predicted molar refractivity (Wildman–Crippen MR) is 144 cm³/mol. The van der Waals surface area contributed by atoms with E-state index < -0.39 is 17.0 Å². The summed E-state index contributed by atoms with van der Waals surface area (Å²) in [5.74, 6) is -0.102. The van der Waals surface area contributed by atoms with Crippen molar-refractivity contribution in [1.29, 1.82) is 0 Å². The molecule has 1 N–H and O–H groups in total. The highest BCUT2D eigenvalue weighted by Crippen LogP contribution is 2.33. The fourth-order valence-corrected chi connectivity index (χ4v) is 5.46. The van der Waals surface area contributed by atoms with E-state index in [2.05, 4.69) is 17.2 Å². The van der Waals surface area contributed by atoms with Gasteiger partial charge in [-0.3, -0.25) is 4.79 Å². The molecule has 0 saturated heterocycles. The molecule has 7 heteroatoms. The van der Waals surface area contributed by atoms with Gasteiger partial charge in [-0.2, -0.15) is 13.2 Å². The summed E-state index contributed by atoms with van der Waals surface area (Å²) in [6.45, 7) is 8.17. The summed E-state index contributed by atoms with van der Waals surface area (Å²) < 4.78 is 39.6. The van der Waals surface area contributed by atoms with Crippen molar-refractivity contribution in [3.63, 3.8) is 0 Å². The topological polar surface area (TPSA) is 42.0 Å². The molecule has 0 spiro atoms. The lowest BCUT2D eigenvalue weighted by Gasteiger charge is -2.19. The lowest BCUT2D eigenvalue weighted by molar-refractivity contribution is -0.137. The molecule has 0 bridgehead atoms. The molecule has 2 aromatic carbocycles. The van der Waals surface area contributed by atoms with E-state index >= 15 is 0 Å². The molecule has 0 aliphatic rings. The Morgan fingerprint density at radius 3 is 2.25 bits per heavy atom. The number of nitrogens with zero attached hydrogens (tertiary/aromatic N) is 1. The van der Waals surface area contributed by atoms with Crippen LogP contribution in [0.15, 0.2) is 47.5 Å². The number of unbranched alkanes of at least 4 members (excludes halogenated alkanes) is 5. The number of carbonyl (C=O) groups is 1. The van der Waals surface area contributed by atoms with Crippen LogP contribution in [0.4, 0.5) is 18.9 Å². The highest BCUT2D eigenvalue weighted by molar-refractivity contribution is 8.00. The minimum absolute atomic E-state index is 0.102. The van der Waals surface area contributed by atoms with Gasteiger partial charge < -0.3 is 5.32 Å². The van der Waals surface area contributed by atoms with E-state index in [-0.39, 0.29) is 11.4 Å². The van der Waals surface area contributed by atoms with Crippen LogP contribution in [-0.2, 0) is 11.0 Å². The van der Waals surface area contributed by atoms with Gasteiger partial charge in [0.15, 0.2) is 0 Å². The summed E-state index contributed by atoms with van der Waals surface area (Å²) in [5, 5.41) is 3.90. The van der Waals surface area contributed by atoms with Gasteiger partial charge in [-0.05, 0) is 56.5 Å². The van der Waals surface area contributed by atoms with Crippen molar-refractivity contribution in [2.24, 2.45) is 0 Å². The maximum absolute atomic E-state index is 13.4. The number of halogens is 3. The number of aromatic nitrogens is 1. The Labute approximate surface area is 216 Å². The van der Waals surface area contributed by atoms with Crippen LogP contribution in [-0.4, -0.2) is 16.1 Å². The Kier molecular flexibility index (Phi) is 9.83. The second-order valence-corrected chi connectivity index (χ2v) is 10.7. The van der Waals surface area contributed by atoms with Gasteiger partial charge in [0, 0.05) is 11.1 Å². The third kappa shape index (κ3) is 7.73. The van der Waals surface area contributed by atoms with Gasteiger partial charge in [-0.1, -0.05) is 87.0 Å². The summed E-state index contributed by atoms with van der Waals surface area (Å²) in [6, 6.07) is 11.2. The number of hydrogen-bond donors (Lipinski definition) is 1. The first-order chi connectivity index (χ1) is 17.1. The molecule has 1 heterocycles. The largest absolute Gasteiger partial charge is 0.416 e. The zero-order chi connectivity index (χ0) is 26.3. The van der Waals surface area contributed by atoms with E-state index in [0.717, 1.165) is 53.8 Å². The van der Waals surface area contributed by atoms with Gasteiger partial charge in [0.1, 0.15) is 0 Å². The predicted octanol–water partition coefficient (Wildman–Crippen LogP) is 9.03. The molecule has 3 rings (SSSR count). The van der Waals surface area contributed by atoms with Gasteiger partial charge in [0.2, 0.25) is 5.91 Å². The molecule has 3 aromatic rings. The molecular formula is C29H35F3N2OS. The number of fused-ring (bicyclic) bond motifs is 1. The van der Waals surface area contributed by atoms with Crippen molar-refractivity contribution in [3.05, 3.63) is 64.7 Å². The molecule has 0 fully saturated rings. The number of benzene rings is 2.